The Morgan fingerprint density at radius 1 is 1.32 bits per heavy atom. The van der Waals surface area contributed by atoms with Crippen LogP contribution in [0, 0.1) is 36.7 Å². The maximum Gasteiger partial charge on any atom is 0.290 e. The minimum atomic E-state index is -4.30. The van der Waals surface area contributed by atoms with E-state index in [-0.39, 0.29) is 10.6 Å². The quantitative estimate of drug-likeness (QED) is 0.678. The first-order valence-corrected chi connectivity index (χ1v) is 8.33. The highest BCUT2D eigenvalue weighted by atomic mass is 32.2. The van der Waals surface area contributed by atoms with E-state index in [2.05, 4.69) is 9.71 Å². The first-order valence-electron chi connectivity index (χ1n) is 6.03. The van der Waals surface area contributed by atoms with Crippen LogP contribution in [0.5, 0.6) is 0 Å². The van der Waals surface area contributed by atoms with Gasteiger partial charge in [0.05, 0.1) is 15.6 Å². The van der Waals surface area contributed by atoms with Crippen LogP contribution >= 0.6 is 11.3 Å². The molecule has 118 valence electrons. The topological polar surface area (TPSA) is 102 Å². The number of nitrogens with zero attached hydrogens (tertiary/aromatic N) is 2. The van der Waals surface area contributed by atoms with Crippen LogP contribution in [0.2, 0.25) is 0 Å². The van der Waals surface area contributed by atoms with Gasteiger partial charge < -0.3 is 0 Å². The lowest BCUT2D eigenvalue weighted by Gasteiger charge is -2.08. The smallest absolute Gasteiger partial charge is 0.269 e. The molecule has 0 unspecified atom stereocenters. The summed E-state index contributed by atoms with van der Waals surface area (Å²) in [5.74, 6) is -0.830. The third-order valence-corrected chi connectivity index (χ3v) is 5.35. The van der Waals surface area contributed by atoms with Gasteiger partial charge in [-0.25, -0.2) is 17.8 Å². The Balaban J connectivity index is 2.56. The van der Waals surface area contributed by atoms with Gasteiger partial charge >= 0.3 is 0 Å². The standard InChI is InChI=1S/C12H12FN3O4S2/c1-6-4-10(16(17)18)11(5-9(6)13)22(19,20)15-12-7(2)14-8(3)21-12/h4-5,15H,1-3H3. The lowest BCUT2D eigenvalue weighted by atomic mass is 10.2. The Morgan fingerprint density at radius 3 is 2.45 bits per heavy atom. The Bertz CT molecular complexity index is 861. The number of hydrogen-bond acceptors (Lipinski definition) is 6. The molecule has 0 amide bonds. The highest BCUT2D eigenvalue weighted by Gasteiger charge is 2.28. The summed E-state index contributed by atoms with van der Waals surface area (Å²) in [5, 5.41) is 11.9. The van der Waals surface area contributed by atoms with Crippen molar-refractivity contribution in [2.75, 3.05) is 4.72 Å². The van der Waals surface area contributed by atoms with E-state index in [1.807, 2.05) is 0 Å². The SMILES string of the molecule is Cc1nc(C)c(NS(=O)(=O)c2cc(F)c(C)cc2[N+](=O)[O-])s1. The van der Waals surface area contributed by atoms with E-state index in [0.29, 0.717) is 16.8 Å². The molecule has 0 aliphatic carbocycles. The second kappa shape index (κ2) is 5.61. The van der Waals surface area contributed by atoms with Crippen LogP contribution in [-0.4, -0.2) is 18.3 Å². The first kappa shape index (κ1) is 16.3. The molecule has 0 atom stereocenters. The molecule has 10 heteroatoms. The number of nitro benzene ring substituents is 1. The zero-order chi connectivity index (χ0) is 16.7. The molecule has 1 N–H and O–H groups in total. The molecule has 2 aromatic rings. The van der Waals surface area contributed by atoms with Crippen LogP contribution in [0.4, 0.5) is 15.1 Å². The molecule has 0 saturated heterocycles. The van der Waals surface area contributed by atoms with Crippen molar-refractivity contribution in [3.63, 3.8) is 0 Å². The number of hydrogen-bond donors (Lipinski definition) is 1. The van der Waals surface area contributed by atoms with Crippen LogP contribution in [0.3, 0.4) is 0 Å². The fourth-order valence-corrected chi connectivity index (χ4v) is 4.15. The molecular weight excluding hydrogens is 333 g/mol. The average molecular weight is 345 g/mol. The van der Waals surface area contributed by atoms with Crippen molar-refractivity contribution in [1.29, 1.82) is 0 Å². The Morgan fingerprint density at radius 2 is 1.95 bits per heavy atom. The van der Waals surface area contributed by atoms with Crippen LogP contribution in [0.15, 0.2) is 17.0 Å². The van der Waals surface area contributed by atoms with Gasteiger partial charge in [-0.1, -0.05) is 0 Å². The molecule has 0 fully saturated rings. The number of anilines is 1. The highest BCUT2D eigenvalue weighted by Crippen LogP contribution is 2.31. The van der Waals surface area contributed by atoms with Crippen molar-refractivity contribution in [2.24, 2.45) is 0 Å². The Kier molecular flexibility index (Phi) is 4.16. The molecule has 2 rings (SSSR count). The van der Waals surface area contributed by atoms with Crippen molar-refractivity contribution >= 4 is 32.0 Å². The van der Waals surface area contributed by atoms with Crippen molar-refractivity contribution in [3.8, 4) is 0 Å². The molecular formula is C12H12FN3O4S2. The van der Waals surface area contributed by atoms with E-state index in [9.17, 15) is 22.9 Å². The molecule has 0 aliphatic rings. The summed E-state index contributed by atoms with van der Waals surface area (Å²) >= 11 is 1.09. The summed E-state index contributed by atoms with van der Waals surface area (Å²) in [6.45, 7) is 4.62. The second-order valence-corrected chi connectivity index (χ2v) is 7.43. The fraction of sp³-hybridized carbons (Fsp3) is 0.250. The van der Waals surface area contributed by atoms with E-state index in [1.165, 1.54) is 6.92 Å². The highest BCUT2D eigenvalue weighted by molar-refractivity contribution is 7.93. The van der Waals surface area contributed by atoms with Crippen molar-refractivity contribution in [1.82, 2.24) is 4.98 Å². The van der Waals surface area contributed by atoms with Gasteiger partial charge in [0.25, 0.3) is 15.7 Å². The minimum absolute atomic E-state index is 0.00420. The van der Waals surface area contributed by atoms with Crippen LogP contribution < -0.4 is 4.72 Å². The summed E-state index contributed by atoms with van der Waals surface area (Å²) in [6, 6.07) is 1.55. The molecule has 0 radical (unpaired) electrons. The molecule has 7 nitrogen and oxygen atoms in total. The number of nitro groups is 1. The summed E-state index contributed by atoms with van der Waals surface area (Å²) in [5.41, 5.74) is -0.234. The predicted molar refractivity (Wildman–Crippen MR) is 80.2 cm³/mol. The molecule has 0 bridgehead atoms. The van der Waals surface area contributed by atoms with Gasteiger partial charge in [-0.2, -0.15) is 0 Å². The number of aromatic nitrogens is 1. The minimum Gasteiger partial charge on any atom is -0.269 e. The lowest BCUT2D eigenvalue weighted by Crippen LogP contribution is -2.15. The molecule has 0 saturated carbocycles. The fourth-order valence-electron chi connectivity index (χ4n) is 1.81. The molecule has 1 heterocycles. The zero-order valence-corrected chi connectivity index (χ0v) is 13.5. The van der Waals surface area contributed by atoms with Crippen molar-refractivity contribution < 1.29 is 17.7 Å². The van der Waals surface area contributed by atoms with Crippen molar-refractivity contribution in [3.05, 3.63) is 44.3 Å². The third-order valence-electron chi connectivity index (χ3n) is 2.86. The number of halogens is 1. The van der Waals surface area contributed by atoms with Gasteiger partial charge in [0.15, 0.2) is 4.90 Å². The number of thiazole rings is 1. The lowest BCUT2D eigenvalue weighted by molar-refractivity contribution is -0.387. The average Bonchev–Trinajstić information content (AvgIpc) is 2.69. The van der Waals surface area contributed by atoms with Crippen LogP contribution in [0.1, 0.15) is 16.3 Å². The van der Waals surface area contributed by atoms with Gasteiger partial charge in [-0.3, -0.25) is 14.8 Å². The number of aryl methyl sites for hydroxylation is 3. The van der Waals surface area contributed by atoms with Gasteiger partial charge in [0, 0.05) is 12.1 Å². The van der Waals surface area contributed by atoms with E-state index >= 15 is 0 Å². The monoisotopic (exact) mass is 345 g/mol. The molecule has 1 aromatic carbocycles. The Hall–Kier alpha value is -2.07. The van der Waals surface area contributed by atoms with E-state index in [1.54, 1.807) is 13.8 Å². The number of sulfonamides is 1. The molecule has 1 aromatic heterocycles. The molecule has 0 aliphatic heterocycles. The maximum absolute atomic E-state index is 13.7. The second-order valence-electron chi connectivity index (χ2n) is 4.58. The van der Waals surface area contributed by atoms with Gasteiger partial charge in [-0.05, 0) is 26.3 Å². The van der Waals surface area contributed by atoms with Crippen LogP contribution in [-0.2, 0) is 10.0 Å². The van der Waals surface area contributed by atoms with E-state index in [0.717, 1.165) is 17.4 Å². The van der Waals surface area contributed by atoms with E-state index < -0.39 is 31.3 Å². The first-order chi connectivity index (χ1) is 10.1. The molecule has 22 heavy (non-hydrogen) atoms. The largest absolute Gasteiger partial charge is 0.290 e. The third kappa shape index (κ3) is 3.07. The zero-order valence-electron chi connectivity index (χ0n) is 11.9. The summed E-state index contributed by atoms with van der Waals surface area (Å²) < 4.78 is 40.6. The van der Waals surface area contributed by atoms with Gasteiger partial charge in [-0.15, -0.1) is 11.3 Å². The number of nitrogens with one attached hydrogen (secondary N) is 1. The van der Waals surface area contributed by atoms with Gasteiger partial charge in [0.1, 0.15) is 10.8 Å². The van der Waals surface area contributed by atoms with Crippen molar-refractivity contribution in [2.45, 2.75) is 25.7 Å². The maximum atomic E-state index is 13.7. The van der Waals surface area contributed by atoms with Crippen LogP contribution in [0.25, 0.3) is 0 Å². The summed E-state index contributed by atoms with van der Waals surface area (Å²) in [7, 11) is -4.30. The number of benzene rings is 1. The predicted octanol–water partition coefficient (Wildman–Crippen LogP) is 2.92. The normalized spacial score (nSPS) is 11.5. The molecule has 0 spiro atoms. The number of rotatable bonds is 4. The Labute approximate surface area is 130 Å². The summed E-state index contributed by atoms with van der Waals surface area (Å²) in [6.07, 6.45) is 0. The van der Waals surface area contributed by atoms with E-state index in [4.69, 9.17) is 0 Å². The van der Waals surface area contributed by atoms with Gasteiger partial charge in [0.2, 0.25) is 0 Å². The summed E-state index contributed by atoms with van der Waals surface area (Å²) in [4.78, 5) is 13.5.